The highest BCUT2D eigenvalue weighted by Gasteiger charge is 2.33. The van der Waals surface area contributed by atoms with Gasteiger partial charge in [0.2, 0.25) is 0 Å². The van der Waals surface area contributed by atoms with Gasteiger partial charge in [0.05, 0.1) is 12.2 Å². The summed E-state index contributed by atoms with van der Waals surface area (Å²) in [5.74, 6) is 1.22. The third-order valence-corrected chi connectivity index (χ3v) is 5.17. The van der Waals surface area contributed by atoms with Gasteiger partial charge in [0.1, 0.15) is 0 Å². The van der Waals surface area contributed by atoms with Gasteiger partial charge in [0, 0.05) is 0 Å². The van der Waals surface area contributed by atoms with E-state index in [1.54, 1.807) is 0 Å². The maximum Gasteiger partial charge on any atom is 0.0624 e. The van der Waals surface area contributed by atoms with Gasteiger partial charge in [-0.25, -0.2) is 0 Å². The van der Waals surface area contributed by atoms with Gasteiger partial charge in [0.25, 0.3) is 0 Å². The zero-order chi connectivity index (χ0) is 13.8. The Morgan fingerprint density at radius 2 is 1.75 bits per heavy atom. The van der Waals surface area contributed by atoms with Crippen molar-refractivity contribution in [1.82, 2.24) is 0 Å². The average molecular weight is 273 g/mol. The van der Waals surface area contributed by atoms with E-state index in [0.29, 0.717) is 24.0 Å². The summed E-state index contributed by atoms with van der Waals surface area (Å²) in [6.45, 7) is 0.777. The van der Waals surface area contributed by atoms with E-state index in [1.807, 2.05) is 0 Å². The van der Waals surface area contributed by atoms with Crippen molar-refractivity contribution >= 4 is 0 Å². The Hall–Kier alpha value is -0.860. The molecule has 0 bridgehead atoms. The molecule has 0 spiro atoms. The summed E-state index contributed by atoms with van der Waals surface area (Å²) < 4.78 is 6.43. The van der Waals surface area contributed by atoms with E-state index in [2.05, 4.69) is 30.3 Å². The molecule has 1 aromatic carbocycles. The molecule has 2 aliphatic carbocycles. The molecule has 2 nitrogen and oxygen atoms in total. The minimum absolute atomic E-state index is 0.377. The molecule has 20 heavy (non-hydrogen) atoms. The predicted molar refractivity (Wildman–Crippen MR) is 82.7 cm³/mol. The van der Waals surface area contributed by atoms with E-state index in [1.165, 1.54) is 44.1 Å². The van der Waals surface area contributed by atoms with Crippen LogP contribution >= 0.6 is 0 Å². The summed E-state index contributed by atoms with van der Waals surface area (Å²) >= 11 is 0. The van der Waals surface area contributed by atoms with Crippen molar-refractivity contribution in [1.29, 1.82) is 0 Å². The van der Waals surface area contributed by atoms with E-state index in [4.69, 9.17) is 10.5 Å². The Balaban J connectivity index is 1.65. The van der Waals surface area contributed by atoms with Gasteiger partial charge in [-0.2, -0.15) is 0 Å². The summed E-state index contributed by atoms with van der Waals surface area (Å²) in [6, 6.07) is 10.9. The summed E-state index contributed by atoms with van der Waals surface area (Å²) in [5.41, 5.74) is 7.45. The van der Waals surface area contributed by atoms with E-state index in [-0.39, 0.29) is 0 Å². The van der Waals surface area contributed by atoms with Gasteiger partial charge in [-0.3, -0.25) is 0 Å². The van der Waals surface area contributed by atoms with Crippen LogP contribution in [0.2, 0.25) is 0 Å². The normalized spacial score (nSPS) is 31.6. The zero-order valence-corrected chi connectivity index (χ0v) is 12.3. The first-order chi connectivity index (χ1) is 9.86. The Labute approximate surface area is 122 Å². The fourth-order valence-corrected chi connectivity index (χ4v) is 3.93. The van der Waals surface area contributed by atoms with Crippen LogP contribution in [-0.4, -0.2) is 18.8 Å². The van der Waals surface area contributed by atoms with Gasteiger partial charge < -0.3 is 10.5 Å². The van der Waals surface area contributed by atoms with Crippen molar-refractivity contribution in [2.24, 2.45) is 11.7 Å². The molecule has 110 valence electrons. The van der Waals surface area contributed by atoms with Gasteiger partial charge in [-0.1, -0.05) is 43.2 Å². The summed E-state index contributed by atoms with van der Waals surface area (Å²) in [6.07, 6.45) is 9.70. The molecule has 0 saturated heterocycles. The van der Waals surface area contributed by atoms with Gasteiger partial charge in [-0.15, -0.1) is 0 Å². The second-order valence-corrected chi connectivity index (χ2v) is 6.50. The topological polar surface area (TPSA) is 35.2 Å². The molecule has 0 amide bonds. The average Bonchev–Trinajstić information content (AvgIpc) is 3.01. The van der Waals surface area contributed by atoms with Crippen LogP contribution in [0.25, 0.3) is 0 Å². The molecule has 3 atom stereocenters. The van der Waals surface area contributed by atoms with Crippen LogP contribution in [0.1, 0.15) is 56.4 Å². The lowest BCUT2D eigenvalue weighted by Crippen LogP contribution is -2.37. The van der Waals surface area contributed by atoms with Crippen molar-refractivity contribution in [3.05, 3.63) is 35.9 Å². The van der Waals surface area contributed by atoms with Crippen LogP contribution in [0, 0.1) is 5.92 Å². The molecular weight excluding hydrogens is 246 g/mol. The van der Waals surface area contributed by atoms with E-state index in [9.17, 15) is 0 Å². The van der Waals surface area contributed by atoms with Crippen LogP contribution < -0.4 is 5.73 Å². The van der Waals surface area contributed by atoms with E-state index >= 15 is 0 Å². The maximum absolute atomic E-state index is 6.43. The third-order valence-electron chi connectivity index (χ3n) is 5.17. The second kappa shape index (κ2) is 6.73. The van der Waals surface area contributed by atoms with Crippen molar-refractivity contribution in [3.63, 3.8) is 0 Å². The second-order valence-electron chi connectivity index (χ2n) is 6.50. The van der Waals surface area contributed by atoms with Gasteiger partial charge in [0.15, 0.2) is 0 Å². The number of ether oxygens (including phenoxy) is 1. The lowest BCUT2D eigenvalue weighted by molar-refractivity contribution is -0.0585. The summed E-state index contributed by atoms with van der Waals surface area (Å²) in [5, 5.41) is 0. The number of rotatable bonds is 4. The monoisotopic (exact) mass is 273 g/mol. The Bertz CT molecular complexity index is 399. The van der Waals surface area contributed by atoms with Crippen molar-refractivity contribution in [3.8, 4) is 0 Å². The standard InChI is InChI=1S/C18H27NO/c19-13-16-11-10-15(14-6-2-1-3-7-14)12-18(16)20-17-8-4-5-9-17/h1-3,6-7,15-18H,4-5,8-13,19H2. The lowest BCUT2D eigenvalue weighted by atomic mass is 9.76. The summed E-state index contributed by atoms with van der Waals surface area (Å²) in [4.78, 5) is 0. The first kappa shape index (κ1) is 14.1. The molecule has 3 rings (SSSR count). The molecule has 2 fully saturated rings. The molecule has 2 saturated carbocycles. The molecule has 1 aromatic rings. The van der Waals surface area contributed by atoms with Crippen LogP contribution in [0.15, 0.2) is 30.3 Å². The van der Waals surface area contributed by atoms with E-state index in [0.717, 1.165) is 13.0 Å². The maximum atomic E-state index is 6.43. The molecule has 2 aliphatic rings. The quantitative estimate of drug-likeness (QED) is 0.904. The van der Waals surface area contributed by atoms with Crippen LogP contribution in [-0.2, 0) is 4.74 Å². The fourth-order valence-electron chi connectivity index (χ4n) is 3.93. The zero-order valence-electron chi connectivity index (χ0n) is 12.3. The summed E-state index contributed by atoms with van der Waals surface area (Å²) in [7, 11) is 0. The number of nitrogens with two attached hydrogens (primary N) is 1. The number of hydrogen-bond acceptors (Lipinski definition) is 2. The molecule has 2 N–H and O–H groups in total. The highest BCUT2D eigenvalue weighted by Crippen LogP contribution is 2.38. The van der Waals surface area contributed by atoms with Crippen molar-refractivity contribution in [2.45, 2.75) is 63.1 Å². The van der Waals surface area contributed by atoms with E-state index < -0.39 is 0 Å². The minimum Gasteiger partial charge on any atom is -0.375 e. The number of hydrogen-bond donors (Lipinski definition) is 1. The third kappa shape index (κ3) is 3.24. The van der Waals surface area contributed by atoms with Gasteiger partial charge >= 0.3 is 0 Å². The largest absolute Gasteiger partial charge is 0.375 e. The molecule has 2 heteroatoms. The van der Waals surface area contributed by atoms with Crippen molar-refractivity contribution in [2.75, 3.05) is 6.54 Å². The van der Waals surface area contributed by atoms with Crippen LogP contribution in [0.3, 0.4) is 0 Å². The first-order valence-corrected chi connectivity index (χ1v) is 8.27. The molecule has 0 aliphatic heterocycles. The first-order valence-electron chi connectivity index (χ1n) is 8.27. The highest BCUT2D eigenvalue weighted by atomic mass is 16.5. The SMILES string of the molecule is NCC1CCC(c2ccccc2)CC1OC1CCCC1. The fraction of sp³-hybridized carbons (Fsp3) is 0.667. The van der Waals surface area contributed by atoms with Crippen LogP contribution in [0.4, 0.5) is 0 Å². The molecular formula is C18H27NO. The smallest absolute Gasteiger partial charge is 0.0624 e. The van der Waals surface area contributed by atoms with Crippen LogP contribution in [0.5, 0.6) is 0 Å². The van der Waals surface area contributed by atoms with Gasteiger partial charge in [-0.05, 0) is 56.0 Å². The molecule has 0 radical (unpaired) electrons. The Morgan fingerprint density at radius 3 is 2.45 bits per heavy atom. The highest BCUT2D eigenvalue weighted by molar-refractivity contribution is 5.20. The molecule has 0 aromatic heterocycles. The number of benzene rings is 1. The van der Waals surface area contributed by atoms with Crippen molar-refractivity contribution < 1.29 is 4.74 Å². The minimum atomic E-state index is 0.377. The Morgan fingerprint density at radius 1 is 1.00 bits per heavy atom. The Kier molecular flexibility index (Phi) is 4.74. The molecule has 3 unspecified atom stereocenters. The molecule has 0 heterocycles. The lowest BCUT2D eigenvalue weighted by Gasteiger charge is -2.37. The predicted octanol–water partition coefficient (Wildman–Crippen LogP) is 3.86.